The molecular weight excluding hydrogens is 441 g/mol. The summed E-state index contributed by atoms with van der Waals surface area (Å²) in [6.07, 6.45) is 6.83. The normalized spacial score (nSPS) is 25.2. The minimum atomic E-state index is -0.902. The molecule has 0 atom stereocenters. The minimum Gasteiger partial charge on any atom is -0.491 e. The van der Waals surface area contributed by atoms with Crippen LogP contribution in [0.5, 0.6) is 11.5 Å². The predicted molar refractivity (Wildman–Crippen MR) is 126 cm³/mol. The Labute approximate surface area is 200 Å². The highest BCUT2D eigenvalue weighted by molar-refractivity contribution is 5.34. The summed E-state index contributed by atoms with van der Waals surface area (Å²) in [5.74, 6) is -0.953. The third-order valence-corrected chi connectivity index (χ3v) is 7.67. The molecule has 0 aliphatic heterocycles. The maximum Gasteiger partial charge on any atom is 0.200 e. The number of halogens is 3. The van der Waals surface area contributed by atoms with Crippen molar-refractivity contribution in [1.29, 1.82) is 0 Å². The van der Waals surface area contributed by atoms with Gasteiger partial charge in [-0.25, -0.2) is 8.78 Å². The predicted octanol–water partition coefficient (Wildman–Crippen LogP) is 7.12. The fourth-order valence-electron chi connectivity index (χ4n) is 5.54. The van der Waals surface area contributed by atoms with Crippen molar-refractivity contribution >= 4 is 0 Å². The molecule has 34 heavy (non-hydrogen) atoms. The van der Waals surface area contributed by atoms with Gasteiger partial charge in [-0.15, -0.1) is 0 Å². The molecule has 0 spiro atoms. The summed E-state index contributed by atoms with van der Waals surface area (Å²) in [5.41, 5.74) is 1.40. The molecule has 0 bridgehead atoms. The van der Waals surface area contributed by atoms with E-state index in [0.29, 0.717) is 18.8 Å². The molecule has 2 aliphatic carbocycles. The highest BCUT2D eigenvalue weighted by atomic mass is 19.2. The van der Waals surface area contributed by atoms with E-state index in [1.165, 1.54) is 0 Å². The van der Waals surface area contributed by atoms with Gasteiger partial charge in [0, 0.05) is 6.61 Å². The first-order valence-corrected chi connectivity index (χ1v) is 12.6. The fraction of sp³-hybridized carbons (Fsp3) is 0.571. The van der Waals surface area contributed by atoms with Crippen LogP contribution in [0.2, 0.25) is 0 Å². The molecule has 0 unspecified atom stereocenters. The van der Waals surface area contributed by atoms with E-state index in [0.717, 1.165) is 56.9 Å². The van der Waals surface area contributed by atoms with E-state index in [1.807, 2.05) is 13.0 Å². The zero-order chi connectivity index (χ0) is 24.1. The van der Waals surface area contributed by atoms with Crippen LogP contribution in [0.15, 0.2) is 30.3 Å². The van der Waals surface area contributed by atoms with E-state index >= 15 is 0 Å². The van der Waals surface area contributed by atoms with Crippen molar-refractivity contribution in [3.63, 3.8) is 0 Å². The molecule has 6 heteroatoms. The third kappa shape index (κ3) is 5.70. The van der Waals surface area contributed by atoms with Crippen LogP contribution in [0.1, 0.15) is 81.3 Å². The molecule has 0 radical (unpaired) electrons. The van der Waals surface area contributed by atoms with Gasteiger partial charge in [-0.3, -0.25) is 0 Å². The zero-order valence-corrected chi connectivity index (χ0v) is 19.9. The summed E-state index contributed by atoms with van der Waals surface area (Å²) in [6, 6.07) is 8.42. The lowest BCUT2D eigenvalue weighted by Crippen LogP contribution is -2.20. The fourth-order valence-corrected chi connectivity index (χ4v) is 5.54. The van der Waals surface area contributed by atoms with Crippen LogP contribution < -0.4 is 9.47 Å². The van der Waals surface area contributed by atoms with Crippen molar-refractivity contribution < 1.29 is 27.8 Å². The average Bonchev–Trinajstić information content (AvgIpc) is 2.87. The highest BCUT2D eigenvalue weighted by Crippen LogP contribution is 2.40. The molecule has 2 aromatic carbocycles. The lowest BCUT2D eigenvalue weighted by molar-refractivity contribution is 0.181. The van der Waals surface area contributed by atoms with Crippen LogP contribution in [0.25, 0.3) is 0 Å². The molecule has 2 aliphatic rings. The minimum absolute atomic E-state index is 0.00549. The number of aliphatic hydroxyl groups excluding tert-OH is 1. The Morgan fingerprint density at radius 3 is 2.06 bits per heavy atom. The quantitative estimate of drug-likeness (QED) is 0.441. The van der Waals surface area contributed by atoms with Gasteiger partial charge >= 0.3 is 0 Å². The maximum absolute atomic E-state index is 14.8. The molecule has 2 saturated carbocycles. The van der Waals surface area contributed by atoms with Crippen LogP contribution >= 0.6 is 0 Å². The van der Waals surface area contributed by atoms with E-state index in [4.69, 9.17) is 9.47 Å². The maximum atomic E-state index is 14.8. The van der Waals surface area contributed by atoms with E-state index in [-0.39, 0.29) is 47.6 Å². The van der Waals surface area contributed by atoms with Crippen molar-refractivity contribution in [2.75, 3.05) is 19.8 Å². The monoisotopic (exact) mass is 476 g/mol. The van der Waals surface area contributed by atoms with Crippen molar-refractivity contribution in [3.05, 3.63) is 58.9 Å². The van der Waals surface area contributed by atoms with E-state index in [1.54, 1.807) is 24.3 Å². The van der Waals surface area contributed by atoms with Crippen molar-refractivity contribution in [1.82, 2.24) is 0 Å². The van der Waals surface area contributed by atoms with Crippen LogP contribution in [-0.2, 0) is 0 Å². The first kappa shape index (κ1) is 24.9. The van der Waals surface area contributed by atoms with Crippen LogP contribution in [0.4, 0.5) is 13.2 Å². The van der Waals surface area contributed by atoms with Gasteiger partial charge in [-0.1, -0.05) is 12.1 Å². The first-order valence-electron chi connectivity index (χ1n) is 12.6. The van der Waals surface area contributed by atoms with Gasteiger partial charge in [-0.05, 0) is 111 Å². The average molecular weight is 477 g/mol. The standard InChI is InChI=1S/C28H35F3O3/c1-2-33-25-13-11-22(15-24(25)29)20-7-5-19(6-8-20)17-34-26-14-12-23(27(30)28(26)31)21-9-3-18(16-32)4-10-21/h11-15,18-21,32H,2-10,16-17H2,1H3. The molecule has 3 nitrogen and oxygen atoms in total. The topological polar surface area (TPSA) is 38.7 Å². The van der Waals surface area contributed by atoms with E-state index < -0.39 is 11.6 Å². The van der Waals surface area contributed by atoms with Gasteiger partial charge in [0.2, 0.25) is 5.82 Å². The van der Waals surface area contributed by atoms with Crippen LogP contribution in [0, 0.1) is 29.3 Å². The molecule has 0 saturated heterocycles. The Morgan fingerprint density at radius 2 is 1.41 bits per heavy atom. The Kier molecular flexibility index (Phi) is 8.41. The second-order valence-corrected chi connectivity index (χ2v) is 9.83. The second kappa shape index (κ2) is 11.5. The third-order valence-electron chi connectivity index (χ3n) is 7.67. The molecule has 2 fully saturated rings. The van der Waals surface area contributed by atoms with E-state index in [9.17, 15) is 18.3 Å². The largest absolute Gasteiger partial charge is 0.491 e. The summed E-state index contributed by atoms with van der Waals surface area (Å²) in [6.45, 7) is 2.77. The van der Waals surface area contributed by atoms with Gasteiger partial charge in [-0.2, -0.15) is 4.39 Å². The number of hydrogen-bond acceptors (Lipinski definition) is 3. The van der Waals surface area contributed by atoms with Gasteiger partial charge in [0.15, 0.2) is 23.1 Å². The second-order valence-electron chi connectivity index (χ2n) is 9.83. The van der Waals surface area contributed by atoms with Gasteiger partial charge in [0.1, 0.15) is 0 Å². The summed E-state index contributed by atoms with van der Waals surface area (Å²) in [7, 11) is 0. The summed E-state index contributed by atoms with van der Waals surface area (Å²) < 4.78 is 54.7. The summed E-state index contributed by atoms with van der Waals surface area (Å²) in [4.78, 5) is 0. The lowest BCUT2D eigenvalue weighted by Gasteiger charge is -2.29. The molecule has 186 valence electrons. The van der Waals surface area contributed by atoms with Crippen molar-refractivity contribution in [2.45, 2.75) is 70.1 Å². The van der Waals surface area contributed by atoms with Gasteiger partial charge in [0.05, 0.1) is 13.2 Å². The lowest BCUT2D eigenvalue weighted by atomic mass is 9.78. The molecule has 0 heterocycles. The molecule has 0 amide bonds. The Hall–Kier alpha value is -2.21. The highest BCUT2D eigenvalue weighted by Gasteiger charge is 2.27. The van der Waals surface area contributed by atoms with Crippen LogP contribution in [0.3, 0.4) is 0 Å². The molecule has 0 aromatic heterocycles. The number of hydrogen-bond donors (Lipinski definition) is 1. The smallest absolute Gasteiger partial charge is 0.200 e. The Balaban J connectivity index is 1.29. The van der Waals surface area contributed by atoms with Gasteiger partial charge in [0.25, 0.3) is 0 Å². The SMILES string of the molecule is CCOc1ccc(C2CCC(COc3ccc(C4CCC(CO)CC4)c(F)c3F)CC2)cc1F. The molecule has 4 rings (SSSR count). The zero-order valence-electron chi connectivity index (χ0n) is 19.9. The van der Waals surface area contributed by atoms with E-state index in [2.05, 4.69) is 0 Å². The number of rotatable bonds is 8. The number of aliphatic hydroxyl groups is 1. The summed E-state index contributed by atoms with van der Waals surface area (Å²) >= 11 is 0. The molecular formula is C28H35F3O3. The van der Waals surface area contributed by atoms with Crippen LogP contribution in [-0.4, -0.2) is 24.9 Å². The number of benzene rings is 2. The number of ether oxygens (including phenoxy) is 2. The molecule has 2 aromatic rings. The molecule has 1 N–H and O–H groups in total. The Bertz CT molecular complexity index is 948. The van der Waals surface area contributed by atoms with Gasteiger partial charge < -0.3 is 14.6 Å². The van der Waals surface area contributed by atoms with Crippen molar-refractivity contribution in [3.8, 4) is 11.5 Å². The first-order chi connectivity index (χ1) is 16.5. The summed E-state index contributed by atoms with van der Waals surface area (Å²) in [5, 5.41) is 9.29. The Morgan fingerprint density at radius 1 is 0.765 bits per heavy atom. The van der Waals surface area contributed by atoms with Crippen molar-refractivity contribution in [2.24, 2.45) is 11.8 Å².